The normalized spacial score (nSPS) is 16.9. The van der Waals surface area contributed by atoms with Crippen LogP contribution in [0.4, 0.5) is 5.69 Å². The molecule has 0 aliphatic heterocycles. The van der Waals surface area contributed by atoms with Gasteiger partial charge in [-0.2, -0.15) is 0 Å². The summed E-state index contributed by atoms with van der Waals surface area (Å²) < 4.78 is 0. The molecule has 0 saturated heterocycles. The van der Waals surface area contributed by atoms with Crippen LogP contribution in [-0.4, -0.2) is 23.5 Å². The first kappa shape index (κ1) is 15.2. The van der Waals surface area contributed by atoms with Crippen molar-refractivity contribution >= 4 is 23.2 Å². The van der Waals surface area contributed by atoms with Gasteiger partial charge in [-0.25, -0.2) is 0 Å². The lowest BCUT2D eigenvalue weighted by Crippen LogP contribution is -2.42. The van der Waals surface area contributed by atoms with Crippen molar-refractivity contribution < 1.29 is 14.4 Å². The fraction of sp³-hybridized carbons (Fsp3) is 0.438. The van der Waals surface area contributed by atoms with Crippen LogP contribution in [0, 0.1) is 0 Å². The van der Waals surface area contributed by atoms with Crippen molar-refractivity contribution in [2.75, 3.05) is 5.73 Å². The van der Waals surface area contributed by atoms with Crippen molar-refractivity contribution in [2.45, 2.75) is 45.1 Å². The number of amides is 1. The standard InChI is InChI=1S/C16H20N2O3/c1-2-3-4-5-9-12(19)18-14-15(20)10-7-6-8-11(17)13(10)16(14)21/h6-8,14H,2-5,9,17H2,1H3,(H,18,19). The minimum atomic E-state index is -1.11. The summed E-state index contributed by atoms with van der Waals surface area (Å²) in [7, 11) is 0. The van der Waals surface area contributed by atoms with Gasteiger partial charge >= 0.3 is 0 Å². The fourth-order valence-corrected chi connectivity index (χ4v) is 2.55. The van der Waals surface area contributed by atoms with Crippen molar-refractivity contribution in [2.24, 2.45) is 0 Å². The van der Waals surface area contributed by atoms with E-state index in [4.69, 9.17) is 5.73 Å². The second kappa shape index (κ2) is 6.52. The minimum absolute atomic E-state index is 0.235. The van der Waals surface area contributed by atoms with Gasteiger partial charge in [0.2, 0.25) is 5.91 Å². The Morgan fingerprint density at radius 3 is 2.62 bits per heavy atom. The highest BCUT2D eigenvalue weighted by Gasteiger charge is 2.40. The lowest BCUT2D eigenvalue weighted by molar-refractivity contribution is -0.121. The molecule has 0 saturated carbocycles. The number of nitrogen functional groups attached to an aromatic ring is 1. The van der Waals surface area contributed by atoms with Gasteiger partial charge < -0.3 is 11.1 Å². The molecule has 2 rings (SSSR count). The quantitative estimate of drug-likeness (QED) is 0.476. The first-order valence-corrected chi connectivity index (χ1v) is 7.32. The van der Waals surface area contributed by atoms with E-state index in [1.54, 1.807) is 18.2 Å². The van der Waals surface area contributed by atoms with Crippen molar-refractivity contribution in [3.63, 3.8) is 0 Å². The van der Waals surface area contributed by atoms with E-state index in [1.165, 1.54) is 0 Å². The van der Waals surface area contributed by atoms with Crippen LogP contribution in [0.15, 0.2) is 18.2 Å². The van der Waals surface area contributed by atoms with Gasteiger partial charge in [0.1, 0.15) is 0 Å². The van der Waals surface area contributed by atoms with Crippen LogP contribution in [-0.2, 0) is 4.79 Å². The molecule has 0 bridgehead atoms. The Balaban J connectivity index is 2.00. The van der Waals surface area contributed by atoms with Crippen molar-refractivity contribution in [1.29, 1.82) is 0 Å². The molecule has 112 valence electrons. The molecule has 0 radical (unpaired) electrons. The molecule has 0 spiro atoms. The molecule has 1 aliphatic rings. The summed E-state index contributed by atoms with van der Waals surface area (Å²) in [6, 6.07) is 3.68. The van der Waals surface area contributed by atoms with Crippen LogP contribution in [0.2, 0.25) is 0 Å². The third-order valence-corrected chi connectivity index (χ3v) is 3.70. The second-order valence-corrected chi connectivity index (χ2v) is 5.31. The summed E-state index contributed by atoms with van der Waals surface area (Å²) in [6.45, 7) is 2.09. The summed E-state index contributed by atoms with van der Waals surface area (Å²) in [5.41, 5.74) is 6.57. The van der Waals surface area contributed by atoms with Gasteiger partial charge in [0.25, 0.3) is 0 Å². The maximum atomic E-state index is 12.2. The molecule has 1 amide bonds. The topological polar surface area (TPSA) is 89.3 Å². The number of unbranched alkanes of at least 4 members (excludes halogenated alkanes) is 3. The number of Topliss-reactive ketones (excluding diaryl/α,β-unsaturated/α-hetero) is 2. The maximum absolute atomic E-state index is 12.2. The third kappa shape index (κ3) is 3.12. The number of nitrogens with two attached hydrogens (primary N) is 1. The van der Waals surface area contributed by atoms with Gasteiger partial charge in [0.05, 0.1) is 5.56 Å². The van der Waals surface area contributed by atoms with E-state index in [1.807, 2.05) is 0 Å². The summed E-state index contributed by atoms with van der Waals surface area (Å²) in [5, 5.41) is 2.54. The zero-order valence-corrected chi connectivity index (χ0v) is 12.1. The summed E-state index contributed by atoms with van der Waals surface area (Å²) in [4.78, 5) is 36.2. The van der Waals surface area contributed by atoms with E-state index in [0.717, 1.165) is 25.7 Å². The Labute approximate surface area is 123 Å². The van der Waals surface area contributed by atoms with Gasteiger partial charge in [-0.3, -0.25) is 14.4 Å². The van der Waals surface area contributed by atoms with Crippen LogP contribution in [0.1, 0.15) is 59.7 Å². The number of fused-ring (bicyclic) bond motifs is 1. The average molecular weight is 288 g/mol. The molecule has 0 fully saturated rings. The largest absolute Gasteiger partial charge is 0.398 e. The average Bonchev–Trinajstić information content (AvgIpc) is 2.70. The zero-order valence-electron chi connectivity index (χ0n) is 12.1. The van der Waals surface area contributed by atoms with E-state index in [9.17, 15) is 14.4 Å². The van der Waals surface area contributed by atoms with E-state index in [0.29, 0.717) is 12.0 Å². The lowest BCUT2D eigenvalue weighted by atomic mass is 10.1. The number of rotatable bonds is 6. The second-order valence-electron chi connectivity index (χ2n) is 5.31. The van der Waals surface area contributed by atoms with Crippen molar-refractivity contribution in [1.82, 2.24) is 5.32 Å². The van der Waals surface area contributed by atoms with E-state index >= 15 is 0 Å². The van der Waals surface area contributed by atoms with Crippen LogP contribution in [0.25, 0.3) is 0 Å². The van der Waals surface area contributed by atoms with Crippen molar-refractivity contribution in [3.8, 4) is 0 Å². The Bertz CT molecular complexity index is 581. The van der Waals surface area contributed by atoms with Gasteiger partial charge in [-0.1, -0.05) is 38.3 Å². The number of carbonyl (C=O) groups is 3. The van der Waals surface area contributed by atoms with Crippen LogP contribution in [0.3, 0.4) is 0 Å². The molecule has 1 atom stereocenters. The summed E-state index contributed by atoms with van der Waals surface area (Å²) >= 11 is 0. The first-order chi connectivity index (χ1) is 10.1. The van der Waals surface area contributed by atoms with E-state index in [-0.39, 0.29) is 22.9 Å². The molecule has 21 heavy (non-hydrogen) atoms. The maximum Gasteiger partial charge on any atom is 0.220 e. The van der Waals surface area contributed by atoms with Gasteiger partial charge in [0, 0.05) is 17.7 Å². The zero-order chi connectivity index (χ0) is 15.4. The first-order valence-electron chi connectivity index (χ1n) is 7.32. The highest BCUT2D eigenvalue weighted by Crippen LogP contribution is 2.27. The van der Waals surface area contributed by atoms with E-state index < -0.39 is 11.8 Å². The molecule has 5 heteroatoms. The molecule has 0 aromatic heterocycles. The SMILES string of the molecule is CCCCCCC(=O)NC1C(=O)c2cccc(N)c2C1=O. The number of hydrogen-bond acceptors (Lipinski definition) is 4. The smallest absolute Gasteiger partial charge is 0.220 e. The van der Waals surface area contributed by atoms with E-state index in [2.05, 4.69) is 12.2 Å². The molecule has 5 nitrogen and oxygen atoms in total. The number of carbonyl (C=O) groups excluding carboxylic acids is 3. The minimum Gasteiger partial charge on any atom is -0.398 e. The van der Waals surface area contributed by atoms with Crippen LogP contribution >= 0.6 is 0 Å². The number of ketones is 2. The number of anilines is 1. The Hall–Kier alpha value is -2.17. The molecular weight excluding hydrogens is 268 g/mol. The predicted octanol–water partition coefficient (Wildman–Crippen LogP) is 2.10. The van der Waals surface area contributed by atoms with Gasteiger partial charge in [0.15, 0.2) is 17.6 Å². The summed E-state index contributed by atoms with van der Waals surface area (Å²) in [6.07, 6.45) is 4.25. The molecule has 3 N–H and O–H groups in total. The molecule has 0 heterocycles. The fourth-order valence-electron chi connectivity index (χ4n) is 2.55. The number of nitrogens with one attached hydrogen (secondary N) is 1. The lowest BCUT2D eigenvalue weighted by Gasteiger charge is -2.09. The Morgan fingerprint density at radius 2 is 1.95 bits per heavy atom. The Morgan fingerprint density at radius 1 is 1.19 bits per heavy atom. The van der Waals surface area contributed by atoms with Crippen LogP contribution < -0.4 is 11.1 Å². The third-order valence-electron chi connectivity index (χ3n) is 3.70. The molecule has 1 aromatic carbocycles. The summed E-state index contributed by atoms with van der Waals surface area (Å²) in [5.74, 6) is -1.04. The highest BCUT2D eigenvalue weighted by molar-refractivity contribution is 6.31. The molecule has 1 unspecified atom stereocenters. The van der Waals surface area contributed by atoms with Gasteiger partial charge in [-0.05, 0) is 12.5 Å². The molecule has 1 aliphatic carbocycles. The Kier molecular flexibility index (Phi) is 4.73. The van der Waals surface area contributed by atoms with Gasteiger partial charge in [-0.15, -0.1) is 0 Å². The number of benzene rings is 1. The highest BCUT2D eigenvalue weighted by atomic mass is 16.2. The van der Waals surface area contributed by atoms with Crippen LogP contribution in [0.5, 0.6) is 0 Å². The molecule has 1 aromatic rings. The van der Waals surface area contributed by atoms with Crippen molar-refractivity contribution in [3.05, 3.63) is 29.3 Å². The predicted molar refractivity (Wildman–Crippen MR) is 80.2 cm³/mol. The monoisotopic (exact) mass is 288 g/mol. The molecular formula is C16H20N2O3. The number of hydrogen-bond donors (Lipinski definition) is 2.